The zero-order chi connectivity index (χ0) is 14.0. The third-order valence-corrected chi connectivity index (χ3v) is 3.25. The minimum absolute atomic E-state index is 0.0101. The molecule has 0 bridgehead atoms. The molecule has 6 nitrogen and oxygen atoms in total. The molecule has 1 atom stereocenters. The maximum Gasteiger partial charge on any atom is 0.328 e. The number of nitrogen functional groups attached to an aromatic ring is 1. The lowest BCUT2D eigenvalue weighted by atomic mass is 10.1. The van der Waals surface area contributed by atoms with E-state index in [0.29, 0.717) is 17.9 Å². The van der Waals surface area contributed by atoms with E-state index in [-0.39, 0.29) is 18.2 Å². The summed E-state index contributed by atoms with van der Waals surface area (Å²) in [6.45, 7) is 0.541. The standard InChI is InChI=1S/C12H13ClN2O4/c13-8-5-7(1-2-9(8)14)11(16)15-3-4-19-6-10(15)12(17)18/h1-2,5,10H,3-4,6,14H2,(H,17,18). The molecule has 1 aliphatic rings. The number of amides is 1. The molecule has 0 radical (unpaired) electrons. The van der Waals surface area contributed by atoms with Crippen molar-refractivity contribution in [1.29, 1.82) is 0 Å². The number of carboxylic acids is 1. The molecule has 19 heavy (non-hydrogen) atoms. The van der Waals surface area contributed by atoms with Crippen LogP contribution in [0.3, 0.4) is 0 Å². The Balaban J connectivity index is 2.26. The Labute approximate surface area is 114 Å². The van der Waals surface area contributed by atoms with Crippen LogP contribution in [-0.2, 0) is 9.53 Å². The molecule has 1 heterocycles. The van der Waals surface area contributed by atoms with Crippen molar-refractivity contribution in [1.82, 2.24) is 4.90 Å². The molecule has 0 aliphatic carbocycles. The SMILES string of the molecule is Nc1ccc(C(=O)N2CCOCC2C(=O)O)cc1Cl. The number of rotatable bonds is 2. The van der Waals surface area contributed by atoms with Gasteiger partial charge in [-0.05, 0) is 18.2 Å². The molecule has 1 fully saturated rings. The third-order valence-electron chi connectivity index (χ3n) is 2.92. The highest BCUT2D eigenvalue weighted by molar-refractivity contribution is 6.33. The molecule has 102 valence electrons. The minimum Gasteiger partial charge on any atom is -0.480 e. The number of hydrogen-bond donors (Lipinski definition) is 2. The van der Waals surface area contributed by atoms with E-state index in [1.54, 1.807) is 0 Å². The Bertz CT molecular complexity index is 520. The average molecular weight is 285 g/mol. The molecule has 0 spiro atoms. The van der Waals surface area contributed by atoms with Crippen LogP contribution in [0.15, 0.2) is 18.2 Å². The van der Waals surface area contributed by atoms with Gasteiger partial charge in [-0.25, -0.2) is 4.79 Å². The van der Waals surface area contributed by atoms with Crippen LogP contribution in [-0.4, -0.2) is 47.7 Å². The van der Waals surface area contributed by atoms with E-state index in [4.69, 9.17) is 27.2 Å². The number of carbonyl (C=O) groups excluding carboxylic acids is 1. The van der Waals surface area contributed by atoms with E-state index in [1.165, 1.54) is 23.1 Å². The van der Waals surface area contributed by atoms with Gasteiger partial charge < -0.3 is 20.5 Å². The highest BCUT2D eigenvalue weighted by Crippen LogP contribution is 2.21. The van der Waals surface area contributed by atoms with Gasteiger partial charge in [0.2, 0.25) is 0 Å². The van der Waals surface area contributed by atoms with Crippen molar-refractivity contribution < 1.29 is 19.4 Å². The number of hydrogen-bond acceptors (Lipinski definition) is 4. The van der Waals surface area contributed by atoms with Crippen LogP contribution in [0, 0.1) is 0 Å². The van der Waals surface area contributed by atoms with Gasteiger partial charge in [0.1, 0.15) is 0 Å². The monoisotopic (exact) mass is 284 g/mol. The Hall–Kier alpha value is -1.79. The molecular weight excluding hydrogens is 272 g/mol. The number of ether oxygens (including phenoxy) is 1. The first-order chi connectivity index (χ1) is 9.00. The lowest BCUT2D eigenvalue weighted by Crippen LogP contribution is -2.52. The van der Waals surface area contributed by atoms with Crippen molar-refractivity contribution in [2.45, 2.75) is 6.04 Å². The number of halogens is 1. The van der Waals surface area contributed by atoms with Gasteiger partial charge in [0, 0.05) is 12.1 Å². The van der Waals surface area contributed by atoms with E-state index in [9.17, 15) is 9.59 Å². The van der Waals surface area contributed by atoms with Gasteiger partial charge in [0.15, 0.2) is 6.04 Å². The number of aliphatic carboxylic acids is 1. The molecule has 1 unspecified atom stereocenters. The van der Waals surface area contributed by atoms with Crippen molar-refractivity contribution in [3.05, 3.63) is 28.8 Å². The van der Waals surface area contributed by atoms with Crippen LogP contribution < -0.4 is 5.73 Å². The summed E-state index contributed by atoms with van der Waals surface area (Å²) in [6, 6.07) is 3.51. The highest BCUT2D eigenvalue weighted by Gasteiger charge is 2.33. The number of benzene rings is 1. The predicted molar refractivity (Wildman–Crippen MR) is 69.1 cm³/mol. The fraction of sp³-hybridized carbons (Fsp3) is 0.333. The van der Waals surface area contributed by atoms with Crippen molar-refractivity contribution in [3.8, 4) is 0 Å². The normalized spacial score (nSPS) is 19.2. The van der Waals surface area contributed by atoms with Crippen molar-refractivity contribution in [2.75, 3.05) is 25.5 Å². The molecule has 2 rings (SSSR count). The Morgan fingerprint density at radius 2 is 2.21 bits per heavy atom. The number of anilines is 1. The Kier molecular flexibility index (Phi) is 3.92. The molecule has 1 aliphatic heterocycles. The van der Waals surface area contributed by atoms with Gasteiger partial charge in [-0.2, -0.15) is 0 Å². The zero-order valence-corrected chi connectivity index (χ0v) is 10.8. The largest absolute Gasteiger partial charge is 0.480 e. The predicted octanol–water partition coefficient (Wildman–Crippen LogP) is 0.848. The highest BCUT2D eigenvalue weighted by atomic mass is 35.5. The van der Waals surface area contributed by atoms with E-state index in [2.05, 4.69) is 0 Å². The van der Waals surface area contributed by atoms with Gasteiger partial charge in [-0.1, -0.05) is 11.6 Å². The summed E-state index contributed by atoms with van der Waals surface area (Å²) in [5, 5.41) is 9.35. The van der Waals surface area contributed by atoms with Crippen LogP contribution in [0.4, 0.5) is 5.69 Å². The second kappa shape index (κ2) is 5.46. The summed E-state index contributed by atoms with van der Waals surface area (Å²) < 4.78 is 5.08. The average Bonchev–Trinajstić information content (AvgIpc) is 2.41. The molecule has 1 amide bonds. The third kappa shape index (κ3) is 2.80. The summed E-state index contributed by atoms with van der Waals surface area (Å²) in [5.74, 6) is -1.48. The summed E-state index contributed by atoms with van der Waals surface area (Å²) in [7, 11) is 0. The maximum atomic E-state index is 12.3. The van der Waals surface area contributed by atoms with Crippen LogP contribution >= 0.6 is 11.6 Å². The van der Waals surface area contributed by atoms with Crippen molar-refractivity contribution in [3.63, 3.8) is 0 Å². The molecule has 1 saturated heterocycles. The van der Waals surface area contributed by atoms with E-state index in [0.717, 1.165) is 0 Å². The van der Waals surface area contributed by atoms with Crippen LogP contribution in [0.1, 0.15) is 10.4 Å². The fourth-order valence-electron chi connectivity index (χ4n) is 1.88. The van der Waals surface area contributed by atoms with Gasteiger partial charge in [0.25, 0.3) is 5.91 Å². The molecule has 1 aromatic rings. The zero-order valence-electron chi connectivity index (χ0n) is 10.0. The summed E-state index contributed by atoms with van der Waals surface area (Å²) >= 11 is 5.86. The Morgan fingerprint density at radius 1 is 1.47 bits per heavy atom. The van der Waals surface area contributed by atoms with Crippen molar-refractivity contribution >= 4 is 29.2 Å². The van der Waals surface area contributed by atoms with Gasteiger partial charge >= 0.3 is 5.97 Å². The van der Waals surface area contributed by atoms with Crippen molar-refractivity contribution in [2.24, 2.45) is 0 Å². The van der Waals surface area contributed by atoms with Crippen LogP contribution in [0.5, 0.6) is 0 Å². The second-order valence-corrected chi connectivity index (χ2v) is 4.57. The molecule has 0 aromatic heterocycles. The second-order valence-electron chi connectivity index (χ2n) is 4.16. The first-order valence-corrected chi connectivity index (χ1v) is 6.05. The van der Waals surface area contributed by atoms with E-state index in [1.807, 2.05) is 0 Å². The number of nitrogens with two attached hydrogens (primary N) is 1. The van der Waals surface area contributed by atoms with Gasteiger partial charge in [-0.3, -0.25) is 4.79 Å². The molecule has 1 aromatic carbocycles. The van der Waals surface area contributed by atoms with Gasteiger partial charge in [-0.15, -0.1) is 0 Å². The minimum atomic E-state index is -1.09. The fourth-order valence-corrected chi connectivity index (χ4v) is 2.06. The molecule has 7 heteroatoms. The van der Waals surface area contributed by atoms with Crippen LogP contribution in [0.2, 0.25) is 5.02 Å². The Morgan fingerprint density at radius 3 is 2.84 bits per heavy atom. The lowest BCUT2D eigenvalue weighted by Gasteiger charge is -2.32. The molecule has 0 saturated carbocycles. The number of carboxylic acid groups (broad SMARTS) is 1. The quantitative estimate of drug-likeness (QED) is 0.785. The summed E-state index contributed by atoms with van der Waals surface area (Å²) in [4.78, 5) is 24.7. The van der Waals surface area contributed by atoms with Crippen LogP contribution in [0.25, 0.3) is 0 Å². The van der Waals surface area contributed by atoms with E-state index < -0.39 is 17.9 Å². The number of morpholine rings is 1. The summed E-state index contributed by atoms with van der Waals surface area (Å²) in [6.07, 6.45) is 0. The van der Waals surface area contributed by atoms with E-state index >= 15 is 0 Å². The molecular formula is C12H13ClN2O4. The first kappa shape index (κ1) is 13.6. The number of carbonyl (C=O) groups is 2. The smallest absolute Gasteiger partial charge is 0.328 e. The maximum absolute atomic E-state index is 12.3. The lowest BCUT2D eigenvalue weighted by molar-refractivity contribution is -0.147. The summed E-state index contributed by atoms with van der Waals surface area (Å²) in [5.41, 5.74) is 6.25. The number of nitrogens with zero attached hydrogens (tertiary/aromatic N) is 1. The topological polar surface area (TPSA) is 92.9 Å². The molecule has 3 N–H and O–H groups in total. The van der Waals surface area contributed by atoms with Gasteiger partial charge in [0.05, 0.1) is 23.9 Å². The first-order valence-electron chi connectivity index (χ1n) is 5.67.